The number of ether oxygens (including phenoxy) is 1. The fourth-order valence-electron chi connectivity index (χ4n) is 3.01. The van der Waals surface area contributed by atoms with Gasteiger partial charge in [-0.3, -0.25) is 0 Å². The van der Waals surface area contributed by atoms with Crippen LogP contribution in [-0.2, 0) is 16.9 Å². The first-order valence-corrected chi connectivity index (χ1v) is 8.49. The minimum atomic E-state index is -1.30. The summed E-state index contributed by atoms with van der Waals surface area (Å²) in [6, 6.07) is 13.7. The van der Waals surface area contributed by atoms with Gasteiger partial charge in [0.05, 0.1) is 5.60 Å². The van der Waals surface area contributed by atoms with Crippen LogP contribution in [0.3, 0.4) is 0 Å². The summed E-state index contributed by atoms with van der Waals surface area (Å²) >= 11 is 5.76. The Labute approximate surface area is 150 Å². The van der Waals surface area contributed by atoms with Gasteiger partial charge >= 0.3 is 6.09 Å². The molecular weight excluding hydrogens is 345 g/mol. The Balaban J connectivity index is 1.58. The number of benzene rings is 2. The van der Waals surface area contributed by atoms with Crippen molar-refractivity contribution in [2.45, 2.75) is 25.0 Å². The summed E-state index contributed by atoms with van der Waals surface area (Å²) in [6.45, 7) is 0.796. The van der Waals surface area contributed by atoms with E-state index in [4.69, 9.17) is 16.3 Å². The van der Waals surface area contributed by atoms with Crippen molar-refractivity contribution < 1.29 is 19.0 Å². The third-order valence-electron chi connectivity index (χ3n) is 4.49. The molecule has 0 aliphatic carbocycles. The molecule has 0 spiro atoms. The van der Waals surface area contributed by atoms with Gasteiger partial charge in [0.1, 0.15) is 12.4 Å². The predicted octanol–water partition coefficient (Wildman–Crippen LogP) is 4.10. The maximum absolute atomic E-state index is 14.1. The number of halogens is 2. The molecule has 2 aromatic rings. The number of carbonyl (C=O) groups excluding carboxylic acids is 1. The van der Waals surface area contributed by atoms with Gasteiger partial charge in [0.15, 0.2) is 0 Å². The van der Waals surface area contributed by atoms with E-state index in [2.05, 4.69) is 0 Å². The van der Waals surface area contributed by atoms with Crippen molar-refractivity contribution in [3.05, 3.63) is 70.5 Å². The number of rotatable bonds is 3. The van der Waals surface area contributed by atoms with Gasteiger partial charge in [-0.25, -0.2) is 9.18 Å². The number of aliphatic hydroxyl groups is 1. The molecule has 1 amide bonds. The van der Waals surface area contributed by atoms with Crippen molar-refractivity contribution in [3.8, 4) is 0 Å². The fourth-order valence-corrected chi connectivity index (χ4v) is 3.16. The van der Waals surface area contributed by atoms with E-state index in [-0.39, 0.29) is 30.0 Å². The summed E-state index contributed by atoms with van der Waals surface area (Å²) in [6.07, 6.45) is 0.0558. The van der Waals surface area contributed by atoms with Gasteiger partial charge in [-0.1, -0.05) is 48.0 Å². The second-order valence-electron chi connectivity index (χ2n) is 6.18. The maximum atomic E-state index is 14.1. The van der Waals surface area contributed by atoms with Crippen LogP contribution in [0.25, 0.3) is 0 Å². The molecular formula is C19H19ClFNO3. The number of amides is 1. The zero-order chi connectivity index (χ0) is 17.9. The first kappa shape index (κ1) is 17.7. The molecule has 0 radical (unpaired) electrons. The Hall–Kier alpha value is -2.11. The van der Waals surface area contributed by atoms with Crippen molar-refractivity contribution in [2.75, 3.05) is 13.1 Å². The second-order valence-corrected chi connectivity index (χ2v) is 6.62. The summed E-state index contributed by atoms with van der Waals surface area (Å²) in [5.41, 5.74) is -0.174. The average Bonchev–Trinajstić information content (AvgIpc) is 2.61. The Morgan fingerprint density at radius 1 is 1.20 bits per heavy atom. The number of hydrogen-bond acceptors (Lipinski definition) is 3. The molecule has 1 heterocycles. The van der Waals surface area contributed by atoms with Gasteiger partial charge in [0.2, 0.25) is 0 Å². The normalized spacial score (nSPS) is 16.5. The maximum Gasteiger partial charge on any atom is 0.410 e. The van der Waals surface area contributed by atoms with Crippen LogP contribution in [0.1, 0.15) is 24.0 Å². The fraction of sp³-hybridized carbons (Fsp3) is 0.316. The highest BCUT2D eigenvalue weighted by molar-refractivity contribution is 6.30. The molecule has 1 saturated heterocycles. The molecule has 0 bridgehead atoms. The van der Waals surface area contributed by atoms with Crippen LogP contribution < -0.4 is 0 Å². The van der Waals surface area contributed by atoms with Gasteiger partial charge in [-0.15, -0.1) is 0 Å². The van der Waals surface area contributed by atoms with E-state index in [1.807, 2.05) is 30.3 Å². The Morgan fingerprint density at radius 2 is 1.88 bits per heavy atom. The van der Waals surface area contributed by atoms with Gasteiger partial charge in [0, 0.05) is 23.7 Å². The predicted molar refractivity (Wildman–Crippen MR) is 92.7 cm³/mol. The lowest BCUT2D eigenvalue weighted by atomic mass is 9.84. The van der Waals surface area contributed by atoms with E-state index in [0.717, 1.165) is 5.56 Å². The molecule has 0 saturated carbocycles. The molecule has 132 valence electrons. The molecule has 1 N–H and O–H groups in total. The van der Waals surface area contributed by atoms with Gasteiger partial charge in [-0.2, -0.15) is 0 Å². The number of nitrogens with zero attached hydrogens (tertiary/aromatic N) is 1. The minimum absolute atomic E-state index is 0.201. The van der Waals surface area contributed by atoms with Crippen LogP contribution >= 0.6 is 11.6 Å². The van der Waals surface area contributed by atoms with Crippen LogP contribution in [0.15, 0.2) is 48.5 Å². The van der Waals surface area contributed by atoms with Crippen molar-refractivity contribution in [1.82, 2.24) is 4.90 Å². The van der Waals surface area contributed by atoms with Gasteiger partial charge in [0.25, 0.3) is 0 Å². The molecule has 0 aromatic heterocycles. The second kappa shape index (κ2) is 7.42. The molecule has 3 rings (SSSR count). The Morgan fingerprint density at radius 3 is 2.52 bits per heavy atom. The molecule has 1 fully saturated rings. The van der Waals surface area contributed by atoms with Crippen LogP contribution in [0.4, 0.5) is 9.18 Å². The molecule has 0 unspecified atom stereocenters. The Kier molecular flexibility index (Phi) is 5.25. The number of hydrogen-bond donors (Lipinski definition) is 1. The standard InChI is InChI=1S/C19H19ClFNO3/c20-15-6-7-16(17(21)12-15)19(24)8-10-22(11-9-19)18(23)25-13-14-4-2-1-3-5-14/h1-7,12,24H,8-11,13H2. The first-order chi connectivity index (χ1) is 12.0. The summed E-state index contributed by atoms with van der Waals surface area (Å²) in [5, 5.41) is 11.0. The molecule has 1 aliphatic heterocycles. The monoisotopic (exact) mass is 363 g/mol. The lowest BCUT2D eigenvalue weighted by Crippen LogP contribution is -2.45. The van der Waals surface area contributed by atoms with Crippen LogP contribution in [0, 0.1) is 5.82 Å². The summed E-state index contributed by atoms with van der Waals surface area (Å²) in [4.78, 5) is 13.7. The zero-order valence-corrected chi connectivity index (χ0v) is 14.4. The van der Waals surface area contributed by atoms with Gasteiger partial charge < -0.3 is 14.7 Å². The lowest BCUT2D eigenvalue weighted by Gasteiger charge is -2.38. The summed E-state index contributed by atoms with van der Waals surface area (Å²) in [7, 11) is 0. The van der Waals surface area contributed by atoms with Gasteiger partial charge in [-0.05, 0) is 30.5 Å². The smallest absolute Gasteiger partial charge is 0.410 e. The van der Waals surface area contributed by atoms with Crippen molar-refractivity contribution in [3.63, 3.8) is 0 Å². The van der Waals surface area contributed by atoms with E-state index in [0.29, 0.717) is 13.1 Å². The van der Waals surface area contributed by atoms with Crippen LogP contribution in [-0.4, -0.2) is 29.2 Å². The highest BCUT2D eigenvalue weighted by Gasteiger charge is 2.37. The van der Waals surface area contributed by atoms with Crippen LogP contribution in [0.2, 0.25) is 5.02 Å². The zero-order valence-electron chi connectivity index (χ0n) is 13.6. The molecule has 4 nitrogen and oxygen atoms in total. The number of likely N-dealkylation sites (tertiary alicyclic amines) is 1. The SMILES string of the molecule is O=C(OCc1ccccc1)N1CCC(O)(c2ccc(Cl)cc2F)CC1. The highest BCUT2D eigenvalue weighted by atomic mass is 35.5. The van der Waals surface area contributed by atoms with Crippen molar-refractivity contribution in [2.24, 2.45) is 0 Å². The lowest BCUT2D eigenvalue weighted by molar-refractivity contribution is -0.0278. The topological polar surface area (TPSA) is 49.8 Å². The number of carbonyl (C=O) groups is 1. The quantitative estimate of drug-likeness (QED) is 0.893. The number of piperidine rings is 1. The molecule has 25 heavy (non-hydrogen) atoms. The van der Waals surface area contributed by atoms with Crippen LogP contribution in [0.5, 0.6) is 0 Å². The van der Waals surface area contributed by atoms with E-state index in [1.54, 1.807) is 6.07 Å². The average molecular weight is 364 g/mol. The first-order valence-electron chi connectivity index (χ1n) is 8.11. The minimum Gasteiger partial charge on any atom is -0.445 e. The third-order valence-corrected chi connectivity index (χ3v) is 4.72. The highest BCUT2D eigenvalue weighted by Crippen LogP contribution is 2.35. The summed E-state index contributed by atoms with van der Waals surface area (Å²) in [5.74, 6) is -0.532. The van der Waals surface area contributed by atoms with E-state index in [1.165, 1.54) is 17.0 Å². The van der Waals surface area contributed by atoms with E-state index in [9.17, 15) is 14.3 Å². The Bertz CT molecular complexity index is 746. The molecule has 1 aliphatic rings. The van der Waals surface area contributed by atoms with Crippen molar-refractivity contribution >= 4 is 17.7 Å². The molecule has 6 heteroatoms. The summed E-state index contributed by atoms with van der Waals surface area (Å²) < 4.78 is 19.4. The molecule has 2 aromatic carbocycles. The van der Waals surface area contributed by atoms with E-state index >= 15 is 0 Å². The molecule has 0 atom stereocenters. The van der Waals surface area contributed by atoms with Crippen molar-refractivity contribution in [1.29, 1.82) is 0 Å². The van der Waals surface area contributed by atoms with E-state index < -0.39 is 17.5 Å². The largest absolute Gasteiger partial charge is 0.445 e. The third kappa shape index (κ3) is 4.11.